The molecule has 0 saturated carbocycles. The average molecular weight is 830 g/mol. The van der Waals surface area contributed by atoms with Crippen molar-refractivity contribution in [2.24, 2.45) is 0 Å². The molecule has 0 aromatic heterocycles. The van der Waals surface area contributed by atoms with Crippen LogP contribution in [0.4, 0.5) is 17.1 Å². The van der Waals surface area contributed by atoms with E-state index in [0.29, 0.717) is 0 Å². The van der Waals surface area contributed by atoms with E-state index in [1.165, 1.54) is 89.0 Å². The van der Waals surface area contributed by atoms with Crippen LogP contribution in [0.1, 0.15) is 47.2 Å². The lowest BCUT2D eigenvalue weighted by Gasteiger charge is -2.34. The number of rotatable bonds is 8. The summed E-state index contributed by atoms with van der Waals surface area (Å²) < 4.78 is 0. The maximum Gasteiger partial charge on any atom is 0.0713 e. The smallest absolute Gasteiger partial charge is 0.0713 e. The summed E-state index contributed by atoms with van der Waals surface area (Å²) in [5, 5.41) is 0. The molecule has 12 rings (SSSR count). The molecular weight excluding hydrogens is 783 g/mol. The van der Waals surface area contributed by atoms with Gasteiger partial charge in [0.15, 0.2) is 0 Å². The predicted molar refractivity (Wildman–Crippen MR) is 272 cm³/mol. The molecule has 0 amide bonds. The van der Waals surface area contributed by atoms with Crippen LogP contribution >= 0.6 is 0 Å². The van der Waals surface area contributed by atoms with Gasteiger partial charge in [0.2, 0.25) is 0 Å². The molecule has 0 atom stereocenters. The summed E-state index contributed by atoms with van der Waals surface area (Å²) in [6.45, 7) is 4.78. The lowest BCUT2D eigenvalue weighted by atomic mass is 9.68. The van der Waals surface area contributed by atoms with Gasteiger partial charge in [-0.15, -0.1) is 0 Å². The van der Waals surface area contributed by atoms with Crippen molar-refractivity contribution in [2.75, 3.05) is 4.90 Å². The summed E-state index contributed by atoms with van der Waals surface area (Å²) in [6, 6.07) is 91.9. The SMILES string of the molecule is CC1(C)c2cc(-c3ccc(-c4ccccc4)cc3)ccc2-c2ccc(N(c3ccc(-c4ccccc4)cc3)c3ccc4c(c3)-c3ccccc3C4(c3ccccc3)c3ccccc3)cc21. The zero-order chi connectivity index (χ0) is 43.5. The highest BCUT2D eigenvalue weighted by Gasteiger charge is 2.46. The van der Waals surface area contributed by atoms with Crippen molar-refractivity contribution >= 4 is 17.1 Å². The molecule has 0 spiro atoms. The van der Waals surface area contributed by atoms with E-state index in [0.717, 1.165) is 17.1 Å². The first-order valence-electron chi connectivity index (χ1n) is 22.7. The Labute approximate surface area is 382 Å². The summed E-state index contributed by atoms with van der Waals surface area (Å²) in [7, 11) is 0. The molecule has 0 saturated heterocycles. The van der Waals surface area contributed by atoms with E-state index < -0.39 is 5.41 Å². The van der Waals surface area contributed by atoms with Gasteiger partial charge < -0.3 is 4.90 Å². The van der Waals surface area contributed by atoms with Gasteiger partial charge in [-0.05, 0) is 131 Å². The summed E-state index contributed by atoms with van der Waals surface area (Å²) in [6.07, 6.45) is 0. The van der Waals surface area contributed by atoms with Crippen molar-refractivity contribution in [1.82, 2.24) is 0 Å². The lowest BCUT2D eigenvalue weighted by molar-refractivity contribution is 0.660. The Kier molecular flexibility index (Phi) is 9.14. The van der Waals surface area contributed by atoms with Gasteiger partial charge in [-0.1, -0.05) is 220 Å². The molecule has 1 heteroatoms. The number of fused-ring (bicyclic) bond motifs is 6. The minimum atomic E-state index is -0.457. The van der Waals surface area contributed by atoms with Crippen LogP contribution in [0.25, 0.3) is 55.6 Å². The van der Waals surface area contributed by atoms with Crippen LogP contribution in [-0.4, -0.2) is 0 Å². The van der Waals surface area contributed by atoms with Crippen molar-refractivity contribution in [2.45, 2.75) is 24.7 Å². The first kappa shape index (κ1) is 38.7. The second kappa shape index (κ2) is 15.4. The van der Waals surface area contributed by atoms with Gasteiger partial charge in [0.05, 0.1) is 5.41 Å². The predicted octanol–water partition coefficient (Wildman–Crippen LogP) is 16.8. The van der Waals surface area contributed by atoms with Gasteiger partial charge in [-0.2, -0.15) is 0 Å². The highest BCUT2D eigenvalue weighted by Crippen LogP contribution is 2.58. The van der Waals surface area contributed by atoms with Gasteiger partial charge in [-0.25, -0.2) is 0 Å². The third kappa shape index (κ3) is 6.22. The molecule has 0 unspecified atom stereocenters. The Hall–Kier alpha value is -8.00. The van der Waals surface area contributed by atoms with Crippen LogP contribution in [0.5, 0.6) is 0 Å². The monoisotopic (exact) mass is 829 g/mol. The van der Waals surface area contributed by atoms with E-state index in [9.17, 15) is 0 Å². The Balaban J connectivity index is 0.990. The fourth-order valence-corrected chi connectivity index (χ4v) is 11.0. The molecular formula is C64H47N. The minimum Gasteiger partial charge on any atom is -0.310 e. The van der Waals surface area contributed by atoms with Crippen molar-refractivity contribution in [3.05, 3.63) is 282 Å². The number of anilines is 3. The molecule has 0 heterocycles. The van der Waals surface area contributed by atoms with Gasteiger partial charge in [0.1, 0.15) is 0 Å². The van der Waals surface area contributed by atoms with Crippen molar-refractivity contribution < 1.29 is 0 Å². The van der Waals surface area contributed by atoms with E-state index in [2.05, 4.69) is 267 Å². The summed E-state index contributed by atoms with van der Waals surface area (Å²) in [5.41, 5.74) is 23.0. The van der Waals surface area contributed by atoms with Gasteiger partial charge in [0, 0.05) is 22.5 Å². The maximum atomic E-state index is 2.46. The van der Waals surface area contributed by atoms with E-state index >= 15 is 0 Å². The average Bonchev–Trinajstić information content (AvgIpc) is 3.80. The zero-order valence-corrected chi connectivity index (χ0v) is 36.6. The van der Waals surface area contributed by atoms with Gasteiger partial charge in [-0.3, -0.25) is 0 Å². The van der Waals surface area contributed by atoms with Crippen LogP contribution in [0.3, 0.4) is 0 Å². The van der Waals surface area contributed by atoms with Crippen LogP contribution in [0.15, 0.2) is 249 Å². The fourth-order valence-electron chi connectivity index (χ4n) is 11.0. The highest BCUT2D eigenvalue weighted by molar-refractivity contribution is 5.92. The van der Waals surface area contributed by atoms with E-state index in [1.807, 2.05) is 0 Å². The second-order valence-electron chi connectivity index (χ2n) is 18.1. The first-order chi connectivity index (χ1) is 32.0. The second-order valence-corrected chi connectivity index (χ2v) is 18.1. The van der Waals surface area contributed by atoms with Crippen LogP contribution in [-0.2, 0) is 10.8 Å². The van der Waals surface area contributed by atoms with E-state index in [4.69, 9.17) is 0 Å². The normalized spacial score (nSPS) is 13.6. The number of benzene rings is 10. The number of nitrogens with zero attached hydrogens (tertiary/aromatic N) is 1. The summed E-state index contributed by atoms with van der Waals surface area (Å²) in [5.74, 6) is 0. The molecule has 2 aliphatic rings. The van der Waals surface area contributed by atoms with Crippen molar-refractivity contribution in [3.8, 4) is 55.6 Å². The number of hydrogen-bond acceptors (Lipinski definition) is 1. The zero-order valence-electron chi connectivity index (χ0n) is 36.6. The molecule has 0 fully saturated rings. The van der Waals surface area contributed by atoms with E-state index in [1.54, 1.807) is 0 Å². The van der Waals surface area contributed by atoms with Crippen molar-refractivity contribution in [3.63, 3.8) is 0 Å². The molecule has 10 aromatic rings. The molecule has 10 aromatic carbocycles. The van der Waals surface area contributed by atoms with Gasteiger partial charge in [0.25, 0.3) is 0 Å². The standard InChI is InChI=1S/C64H47N/c1-63(2)61-41-49(48-29-27-46(28-30-48)44-17-7-3-8-18-44)33-38-56(61)57-39-36-54(43-62(57)63)65(52-34-31-47(32-35-52)45-19-9-4-10-20-45)53-37-40-60-58(42-53)55-25-15-16-26-59(55)64(60,50-21-11-5-12-22-50)51-23-13-6-14-24-51/h3-43H,1-2H3. The third-order valence-corrected chi connectivity index (χ3v) is 14.2. The topological polar surface area (TPSA) is 3.24 Å². The highest BCUT2D eigenvalue weighted by atomic mass is 15.1. The van der Waals surface area contributed by atoms with Crippen LogP contribution in [0.2, 0.25) is 0 Å². The summed E-state index contributed by atoms with van der Waals surface area (Å²) in [4.78, 5) is 2.46. The summed E-state index contributed by atoms with van der Waals surface area (Å²) >= 11 is 0. The minimum absolute atomic E-state index is 0.217. The van der Waals surface area contributed by atoms with Crippen LogP contribution in [0, 0.1) is 0 Å². The first-order valence-corrected chi connectivity index (χ1v) is 22.7. The fraction of sp³-hybridized carbons (Fsp3) is 0.0625. The Bertz CT molecular complexity index is 3310. The Morgan fingerprint density at radius 1 is 0.262 bits per heavy atom. The van der Waals surface area contributed by atoms with E-state index in [-0.39, 0.29) is 5.41 Å². The number of hydrogen-bond donors (Lipinski definition) is 0. The maximum absolute atomic E-state index is 2.46. The molecule has 0 bridgehead atoms. The molecule has 2 aliphatic carbocycles. The van der Waals surface area contributed by atoms with Crippen LogP contribution < -0.4 is 4.90 Å². The molecule has 308 valence electrons. The largest absolute Gasteiger partial charge is 0.310 e. The third-order valence-electron chi connectivity index (χ3n) is 14.2. The Morgan fingerprint density at radius 2 is 0.646 bits per heavy atom. The lowest BCUT2D eigenvalue weighted by Crippen LogP contribution is -2.28. The van der Waals surface area contributed by atoms with Gasteiger partial charge >= 0.3 is 0 Å². The molecule has 0 aliphatic heterocycles. The molecule has 1 nitrogen and oxygen atoms in total. The molecule has 0 N–H and O–H groups in total. The quantitative estimate of drug-likeness (QED) is 0.147. The van der Waals surface area contributed by atoms with Crippen molar-refractivity contribution in [1.29, 1.82) is 0 Å². The molecule has 65 heavy (non-hydrogen) atoms. The Morgan fingerprint density at radius 3 is 1.25 bits per heavy atom. The molecule has 0 radical (unpaired) electrons.